The fraction of sp³-hybridized carbons (Fsp3) is 1.00. The van der Waals surface area contributed by atoms with Gasteiger partial charge in [-0.1, -0.05) is 108 Å². The summed E-state index contributed by atoms with van der Waals surface area (Å²) in [5.74, 6) is 0.554. The van der Waals surface area contributed by atoms with Crippen molar-refractivity contribution in [3.63, 3.8) is 0 Å². The molecule has 4 nitrogen and oxygen atoms in total. The molecular formula is C26H60CuO4Si2. The number of hydrogen-bond donors (Lipinski definition) is 4. The second kappa shape index (κ2) is 15.1. The van der Waals surface area contributed by atoms with Crippen molar-refractivity contribution < 1.29 is 37.5 Å². The second-order valence-corrected chi connectivity index (χ2v) is 24.6. The van der Waals surface area contributed by atoms with Crippen LogP contribution in [0.2, 0.25) is 36.3 Å². The summed E-state index contributed by atoms with van der Waals surface area (Å²) in [5.41, 5.74) is -0.645. The predicted molar refractivity (Wildman–Crippen MR) is 147 cm³/mol. The summed E-state index contributed by atoms with van der Waals surface area (Å²) in [4.78, 5) is 0. The summed E-state index contributed by atoms with van der Waals surface area (Å²) in [6.45, 7) is 30.2. The Bertz CT molecular complexity index is 469. The first-order chi connectivity index (χ1) is 14.1. The van der Waals surface area contributed by atoms with Gasteiger partial charge in [-0.25, -0.2) is 0 Å². The third-order valence-corrected chi connectivity index (χ3v) is 20.6. The fourth-order valence-electron chi connectivity index (χ4n) is 3.06. The van der Waals surface area contributed by atoms with Crippen molar-refractivity contribution in [2.45, 2.75) is 155 Å². The first kappa shape index (κ1) is 38.3. The summed E-state index contributed by atoms with van der Waals surface area (Å²) in [6.07, 6.45) is 2.26. The zero-order chi connectivity index (χ0) is 26.3. The molecule has 1 radical (unpaired) electrons. The topological polar surface area (TPSA) is 80.9 Å². The number of aliphatic hydroxyl groups excluding tert-OH is 4. The molecule has 6 unspecified atom stereocenters. The van der Waals surface area contributed by atoms with E-state index in [4.69, 9.17) is 0 Å². The van der Waals surface area contributed by atoms with E-state index in [1.165, 1.54) is 0 Å². The molecule has 0 spiro atoms. The summed E-state index contributed by atoms with van der Waals surface area (Å²) in [7, 11) is -3.47. The van der Waals surface area contributed by atoms with E-state index in [-0.39, 0.29) is 62.6 Å². The van der Waals surface area contributed by atoms with Crippen LogP contribution in [-0.2, 0) is 17.1 Å². The molecule has 0 amide bonds. The molecule has 6 atom stereocenters. The SMILES string of the molecule is CCC(C)C(O)CC(O)[Si](C)(C)C(C)(C)C.CCC(C)C(O)CC(O)[Si](C)(C)C(C)(C)C.[Cu]. The number of rotatable bonds is 10. The summed E-state index contributed by atoms with van der Waals surface area (Å²) in [5, 5.41) is 41.0. The van der Waals surface area contributed by atoms with Gasteiger partial charge >= 0.3 is 0 Å². The Hall–Kier alpha value is 0.793. The van der Waals surface area contributed by atoms with E-state index in [0.717, 1.165) is 12.8 Å². The average Bonchev–Trinajstić information content (AvgIpc) is 2.64. The van der Waals surface area contributed by atoms with Crippen LogP contribution in [0.25, 0.3) is 0 Å². The molecule has 0 fully saturated rings. The van der Waals surface area contributed by atoms with Crippen molar-refractivity contribution in [1.82, 2.24) is 0 Å². The van der Waals surface area contributed by atoms with Crippen LogP contribution < -0.4 is 0 Å². The molecule has 0 saturated heterocycles. The molecule has 0 saturated carbocycles. The minimum Gasteiger partial charge on any atom is -0.396 e. The Morgan fingerprint density at radius 3 is 0.939 bits per heavy atom. The third-order valence-electron chi connectivity index (χ3n) is 9.06. The maximum atomic E-state index is 10.3. The molecule has 0 rings (SSSR count). The zero-order valence-electron chi connectivity index (χ0n) is 24.4. The number of aliphatic hydroxyl groups is 4. The number of hydrogen-bond acceptors (Lipinski definition) is 4. The Kier molecular flexibility index (Phi) is 17.6. The molecule has 0 aromatic heterocycles. The van der Waals surface area contributed by atoms with Crippen LogP contribution in [0.4, 0.5) is 0 Å². The molecule has 0 aliphatic rings. The Morgan fingerprint density at radius 2 is 0.788 bits per heavy atom. The van der Waals surface area contributed by atoms with Gasteiger partial charge in [0.05, 0.1) is 28.4 Å². The van der Waals surface area contributed by atoms with Gasteiger partial charge in [0.25, 0.3) is 0 Å². The standard InChI is InChI=1S/2C13H30O2Si.Cu/c2*1-8-10(2)11(14)9-12(15)16(6,7)13(3,4)5;/h2*10-12,14-15H,8-9H2,1-7H3;. The van der Waals surface area contributed by atoms with Gasteiger partial charge in [0.2, 0.25) is 0 Å². The van der Waals surface area contributed by atoms with Gasteiger partial charge in [-0.15, -0.1) is 0 Å². The maximum Gasteiger partial charge on any atom is 0.0866 e. The molecule has 33 heavy (non-hydrogen) atoms. The molecule has 0 aliphatic heterocycles. The van der Waals surface area contributed by atoms with E-state index in [0.29, 0.717) is 12.8 Å². The minimum absolute atomic E-state index is 0. The zero-order valence-corrected chi connectivity index (χ0v) is 27.3. The minimum atomic E-state index is -1.73. The molecule has 207 valence electrons. The van der Waals surface area contributed by atoms with Crippen molar-refractivity contribution in [3.8, 4) is 0 Å². The van der Waals surface area contributed by atoms with Crippen molar-refractivity contribution in [3.05, 3.63) is 0 Å². The molecule has 0 aromatic rings. The van der Waals surface area contributed by atoms with Gasteiger partial charge in [-0.05, 0) is 34.8 Å². The van der Waals surface area contributed by atoms with Crippen molar-refractivity contribution in [2.24, 2.45) is 11.8 Å². The first-order valence-electron chi connectivity index (χ1n) is 12.8. The summed E-state index contributed by atoms with van der Waals surface area (Å²) < 4.78 is 0. The molecule has 7 heteroatoms. The normalized spacial score (nSPS) is 18.7. The Labute approximate surface area is 219 Å². The quantitative estimate of drug-likeness (QED) is 0.236. The van der Waals surface area contributed by atoms with E-state index < -0.39 is 16.1 Å². The van der Waals surface area contributed by atoms with E-state index in [2.05, 4.69) is 81.6 Å². The van der Waals surface area contributed by atoms with Crippen LogP contribution in [-0.4, -0.2) is 60.2 Å². The van der Waals surface area contributed by atoms with Gasteiger partial charge in [-0.3, -0.25) is 0 Å². The van der Waals surface area contributed by atoms with E-state index in [1.807, 2.05) is 13.8 Å². The third kappa shape index (κ3) is 12.1. The summed E-state index contributed by atoms with van der Waals surface area (Å²) >= 11 is 0. The predicted octanol–water partition coefficient (Wildman–Crippen LogP) is 6.38. The molecular weight excluding hydrogens is 496 g/mol. The first-order valence-corrected chi connectivity index (χ1v) is 18.9. The van der Waals surface area contributed by atoms with Crippen LogP contribution in [0, 0.1) is 11.8 Å². The van der Waals surface area contributed by atoms with Gasteiger partial charge in [0.15, 0.2) is 0 Å². The van der Waals surface area contributed by atoms with Crippen LogP contribution in [0.3, 0.4) is 0 Å². The maximum absolute atomic E-state index is 10.3. The molecule has 0 aromatic carbocycles. The molecule has 0 bridgehead atoms. The smallest absolute Gasteiger partial charge is 0.0866 e. The van der Waals surface area contributed by atoms with Crippen molar-refractivity contribution in [2.75, 3.05) is 0 Å². The van der Waals surface area contributed by atoms with Crippen molar-refractivity contribution >= 4 is 16.1 Å². The largest absolute Gasteiger partial charge is 0.396 e. The van der Waals surface area contributed by atoms with E-state index in [9.17, 15) is 20.4 Å². The van der Waals surface area contributed by atoms with Crippen molar-refractivity contribution in [1.29, 1.82) is 0 Å². The molecule has 4 N–H and O–H groups in total. The Balaban J connectivity index is -0.000000529. The van der Waals surface area contributed by atoms with Crippen LogP contribution >= 0.6 is 0 Å². The van der Waals surface area contributed by atoms with Crippen LogP contribution in [0.15, 0.2) is 0 Å². The summed E-state index contributed by atoms with van der Waals surface area (Å²) in [6, 6.07) is 0. The average molecular weight is 556 g/mol. The Morgan fingerprint density at radius 1 is 0.576 bits per heavy atom. The van der Waals surface area contributed by atoms with Gasteiger partial charge in [0, 0.05) is 28.5 Å². The van der Waals surface area contributed by atoms with Gasteiger partial charge in [0.1, 0.15) is 0 Å². The second-order valence-electron chi connectivity index (χ2n) is 13.4. The molecule has 0 aliphatic carbocycles. The molecule has 0 heterocycles. The van der Waals surface area contributed by atoms with Gasteiger partial charge < -0.3 is 20.4 Å². The monoisotopic (exact) mass is 555 g/mol. The van der Waals surface area contributed by atoms with Crippen LogP contribution in [0.1, 0.15) is 94.9 Å². The fourth-order valence-corrected chi connectivity index (χ4v) is 6.72. The van der Waals surface area contributed by atoms with Crippen LogP contribution in [0.5, 0.6) is 0 Å². The van der Waals surface area contributed by atoms with Gasteiger partial charge in [-0.2, -0.15) is 0 Å². The van der Waals surface area contributed by atoms with E-state index in [1.54, 1.807) is 0 Å². The van der Waals surface area contributed by atoms with E-state index >= 15 is 0 Å².